The SMILES string of the molecule is CN1CC[C@@H](NC(=O)Cc2ccn[nH]2)[C@H]1c1ccc(F)c(F)c1. The zero-order valence-corrected chi connectivity index (χ0v) is 12.7. The molecule has 2 aromatic rings. The second kappa shape index (κ2) is 6.45. The van der Waals surface area contributed by atoms with Gasteiger partial charge in [0.25, 0.3) is 0 Å². The van der Waals surface area contributed by atoms with Crippen LogP contribution in [0.15, 0.2) is 30.5 Å². The van der Waals surface area contributed by atoms with Gasteiger partial charge in [0.2, 0.25) is 5.91 Å². The number of amides is 1. The number of aromatic amines is 1. The van der Waals surface area contributed by atoms with Gasteiger partial charge in [-0.2, -0.15) is 5.10 Å². The number of likely N-dealkylation sites (tertiary alicyclic amines) is 1. The van der Waals surface area contributed by atoms with E-state index in [9.17, 15) is 13.6 Å². The Balaban J connectivity index is 1.73. The van der Waals surface area contributed by atoms with Crippen molar-refractivity contribution in [1.82, 2.24) is 20.4 Å². The Labute approximate surface area is 132 Å². The van der Waals surface area contributed by atoms with E-state index in [2.05, 4.69) is 15.5 Å². The Hall–Kier alpha value is -2.28. The molecule has 0 spiro atoms. The predicted octanol–water partition coefficient (Wildman–Crippen LogP) is 1.79. The van der Waals surface area contributed by atoms with Gasteiger partial charge in [0, 0.05) is 24.5 Å². The maximum atomic E-state index is 13.5. The minimum Gasteiger partial charge on any atom is -0.351 e. The number of benzene rings is 1. The average Bonchev–Trinajstić information content (AvgIpc) is 3.12. The molecule has 1 aliphatic heterocycles. The van der Waals surface area contributed by atoms with Crippen LogP contribution in [0.25, 0.3) is 0 Å². The first kappa shape index (κ1) is 15.6. The van der Waals surface area contributed by atoms with Crippen molar-refractivity contribution in [2.24, 2.45) is 0 Å². The molecule has 5 nitrogen and oxygen atoms in total. The molecule has 0 aliphatic carbocycles. The van der Waals surface area contributed by atoms with E-state index in [1.165, 1.54) is 6.07 Å². The van der Waals surface area contributed by atoms with Crippen LogP contribution >= 0.6 is 0 Å². The van der Waals surface area contributed by atoms with Crippen molar-refractivity contribution < 1.29 is 13.6 Å². The van der Waals surface area contributed by atoms with Gasteiger partial charge in [-0.15, -0.1) is 0 Å². The minimum absolute atomic E-state index is 0.123. The van der Waals surface area contributed by atoms with Gasteiger partial charge in [0.15, 0.2) is 11.6 Å². The number of carbonyl (C=O) groups is 1. The summed E-state index contributed by atoms with van der Waals surface area (Å²) in [6.45, 7) is 0.776. The predicted molar refractivity (Wildman–Crippen MR) is 80.6 cm³/mol. The summed E-state index contributed by atoms with van der Waals surface area (Å²) in [6.07, 6.45) is 2.57. The van der Waals surface area contributed by atoms with Crippen LogP contribution in [0.2, 0.25) is 0 Å². The zero-order chi connectivity index (χ0) is 16.4. The summed E-state index contributed by atoms with van der Waals surface area (Å²) in [7, 11) is 1.91. The number of halogens is 2. The van der Waals surface area contributed by atoms with Crippen molar-refractivity contribution in [1.29, 1.82) is 0 Å². The largest absolute Gasteiger partial charge is 0.351 e. The third-order valence-electron chi connectivity index (χ3n) is 4.19. The normalized spacial score (nSPS) is 21.5. The van der Waals surface area contributed by atoms with Gasteiger partial charge >= 0.3 is 0 Å². The molecule has 1 fully saturated rings. The molecule has 0 bridgehead atoms. The van der Waals surface area contributed by atoms with Crippen LogP contribution in [0.4, 0.5) is 8.78 Å². The lowest BCUT2D eigenvalue weighted by atomic mass is 9.99. The van der Waals surface area contributed by atoms with Crippen molar-refractivity contribution in [3.63, 3.8) is 0 Å². The Kier molecular flexibility index (Phi) is 4.38. The van der Waals surface area contributed by atoms with Crippen molar-refractivity contribution >= 4 is 5.91 Å². The fourth-order valence-electron chi connectivity index (χ4n) is 3.10. The van der Waals surface area contributed by atoms with Crippen LogP contribution in [0.1, 0.15) is 23.7 Å². The van der Waals surface area contributed by atoms with Crippen molar-refractivity contribution in [2.75, 3.05) is 13.6 Å². The van der Waals surface area contributed by atoms with E-state index in [0.717, 1.165) is 24.7 Å². The standard InChI is InChI=1S/C16H18F2N4O/c1-22-7-5-14(20-15(23)9-11-4-6-19-21-11)16(22)10-2-3-12(17)13(18)8-10/h2-4,6,8,14,16H,5,7,9H2,1H3,(H,19,21)(H,20,23)/t14-,16-/m1/s1. The fraction of sp³-hybridized carbons (Fsp3) is 0.375. The van der Waals surface area contributed by atoms with Crippen LogP contribution in [-0.4, -0.2) is 40.6 Å². The number of aromatic nitrogens is 2. The maximum absolute atomic E-state index is 13.5. The summed E-state index contributed by atoms with van der Waals surface area (Å²) >= 11 is 0. The Bertz CT molecular complexity index is 689. The van der Waals surface area contributed by atoms with Gasteiger partial charge in [0.1, 0.15) is 0 Å². The van der Waals surface area contributed by atoms with Gasteiger partial charge < -0.3 is 5.32 Å². The summed E-state index contributed by atoms with van der Waals surface area (Å²) in [4.78, 5) is 14.2. The van der Waals surface area contributed by atoms with E-state index in [4.69, 9.17) is 0 Å². The number of carbonyl (C=O) groups excluding carboxylic acids is 1. The zero-order valence-electron chi connectivity index (χ0n) is 12.7. The molecule has 3 rings (SSSR count). The molecule has 1 aliphatic rings. The van der Waals surface area contributed by atoms with Crippen LogP contribution in [0.3, 0.4) is 0 Å². The van der Waals surface area contributed by atoms with Crippen molar-refractivity contribution in [3.8, 4) is 0 Å². The molecule has 1 aromatic heterocycles. The van der Waals surface area contributed by atoms with E-state index in [0.29, 0.717) is 5.56 Å². The highest BCUT2D eigenvalue weighted by atomic mass is 19.2. The lowest BCUT2D eigenvalue weighted by molar-refractivity contribution is -0.121. The first-order chi connectivity index (χ1) is 11.0. The minimum atomic E-state index is -0.870. The molecule has 0 radical (unpaired) electrons. The number of nitrogens with one attached hydrogen (secondary N) is 2. The maximum Gasteiger partial charge on any atom is 0.226 e. The average molecular weight is 320 g/mol. The van der Waals surface area contributed by atoms with E-state index in [1.54, 1.807) is 18.3 Å². The first-order valence-electron chi connectivity index (χ1n) is 7.47. The quantitative estimate of drug-likeness (QED) is 0.903. The molecule has 2 atom stereocenters. The number of H-pyrrole nitrogens is 1. The van der Waals surface area contributed by atoms with Gasteiger partial charge in [-0.3, -0.25) is 14.8 Å². The van der Waals surface area contributed by atoms with Gasteiger partial charge in [-0.25, -0.2) is 8.78 Å². The highest BCUT2D eigenvalue weighted by Gasteiger charge is 2.34. The summed E-state index contributed by atoms with van der Waals surface area (Å²) < 4.78 is 26.6. The molecule has 1 aromatic carbocycles. The topological polar surface area (TPSA) is 61.0 Å². The summed E-state index contributed by atoms with van der Waals surface area (Å²) in [5.74, 6) is -1.86. The number of rotatable bonds is 4. The summed E-state index contributed by atoms with van der Waals surface area (Å²) in [6, 6.07) is 5.33. The van der Waals surface area contributed by atoms with Gasteiger partial charge in [-0.1, -0.05) is 6.07 Å². The Morgan fingerprint density at radius 1 is 1.39 bits per heavy atom. The van der Waals surface area contributed by atoms with E-state index >= 15 is 0 Å². The number of likely N-dealkylation sites (N-methyl/N-ethyl adjacent to an activating group) is 1. The highest BCUT2D eigenvalue weighted by Crippen LogP contribution is 2.31. The number of nitrogens with zero attached hydrogens (tertiary/aromatic N) is 2. The van der Waals surface area contributed by atoms with Gasteiger partial charge in [-0.05, 0) is 37.2 Å². The van der Waals surface area contributed by atoms with Crippen LogP contribution in [0, 0.1) is 11.6 Å². The second-order valence-electron chi connectivity index (χ2n) is 5.82. The molecule has 1 saturated heterocycles. The Morgan fingerprint density at radius 2 is 2.22 bits per heavy atom. The second-order valence-corrected chi connectivity index (χ2v) is 5.82. The Morgan fingerprint density at radius 3 is 2.91 bits per heavy atom. The first-order valence-corrected chi connectivity index (χ1v) is 7.47. The molecule has 7 heteroatoms. The van der Waals surface area contributed by atoms with Crippen molar-refractivity contribution in [2.45, 2.75) is 24.9 Å². The lowest BCUT2D eigenvalue weighted by Gasteiger charge is -2.26. The molecule has 1 amide bonds. The molecule has 23 heavy (non-hydrogen) atoms. The number of hydrogen-bond acceptors (Lipinski definition) is 3. The molecular weight excluding hydrogens is 302 g/mol. The van der Waals surface area contributed by atoms with Crippen LogP contribution in [0.5, 0.6) is 0 Å². The van der Waals surface area contributed by atoms with E-state index in [-0.39, 0.29) is 24.4 Å². The van der Waals surface area contributed by atoms with E-state index in [1.807, 2.05) is 11.9 Å². The van der Waals surface area contributed by atoms with E-state index < -0.39 is 11.6 Å². The molecule has 0 unspecified atom stereocenters. The molecule has 0 saturated carbocycles. The molecule has 2 N–H and O–H groups in total. The summed E-state index contributed by atoms with van der Waals surface area (Å²) in [5, 5.41) is 9.54. The third kappa shape index (κ3) is 3.39. The highest BCUT2D eigenvalue weighted by molar-refractivity contribution is 5.78. The number of hydrogen-bond donors (Lipinski definition) is 2. The third-order valence-corrected chi connectivity index (χ3v) is 4.19. The smallest absolute Gasteiger partial charge is 0.226 e. The lowest BCUT2D eigenvalue weighted by Crippen LogP contribution is -2.39. The van der Waals surface area contributed by atoms with Crippen LogP contribution in [-0.2, 0) is 11.2 Å². The van der Waals surface area contributed by atoms with Gasteiger partial charge in [0.05, 0.1) is 12.5 Å². The van der Waals surface area contributed by atoms with Crippen LogP contribution < -0.4 is 5.32 Å². The molecule has 122 valence electrons. The summed E-state index contributed by atoms with van der Waals surface area (Å²) in [5.41, 5.74) is 1.40. The molecule has 2 heterocycles. The fourth-order valence-corrected chi connectivity index (χ4v) is 3.10. The van der Waals surface area contributed by atoms with Crippen molar-refractivity contribution in [3.05, 3.63) is 53.4 Å². The monoisotopic (exact) mass is 320 g/mol. The molecular formula is C16H18F2N4O.